The predicted octanol–water partition coefficient (Wildman–Crippen LogP) is 3.43. The van der Waals surface area contributed by atoms with Crippen LogP contribution < -0.4 is 9.47 Å². The van der Waals surface area contributed by atoms with Gasteiger partial charge in [-0.1, -0.05) is 44.2 Å². The SMILES string of the molecule is COc1cc2c(c(C(C)(C)c3ccccc3)c1)OC[N+](C)=C2. The summed E-state index contributed by atoms with van der Waals surface area (Å²) >= 11 is 0. The molecule has 114 valence electrons. The maximum absolute atomic E-state index is 6.01. The molecule has 0 aromatic heterocycles. The van der Waals surface area contributed by atoms with Crippen LogP contribution in [0.3, 0.4) is 0 Å². The van der Waals surface area contributed by atoms with Crippen molar-refractivity contribution in [3.05, 3.63) is 59.2 Å². The van der Waals surface area contributed by atoms with E-state index in [2.05, 4.69) is 50.4 Å². The van der Waals surface area contributed by atoms with Crippen molar-refractivity contribution in [3.63, 3.8) is 0 Å². The summed E-state index contributed by atoms with van der Waals surface area (Å²) in [7, 11) is 3.71. The van der Waals surface area contributed by atoms with Gasteiger partial charge in [0.2, 0.25) is 0 Å². The minimum atomic E-state index is -0.163. The topological polar surface area (TPSA) is 21.5 Å². The van der Waals surface area contributed by atoms with Gasteiger partial charge in [-0.2, -0.15) is 0 Å². The molecule has 0 aliphatic carbocycles. The van der Waals surface area contributed by atoms with Gasteiger partial charge >= 0.3 is 0 Å². The van der Waals surface area contributed by atoms with Crippen LogP contribution in [0.5, 0.6) is 11.5 Å². The summed E-state index contributed by atoms with van der Waals surface area (Å²) in [5, 5.41) is 0. The lowest BCUT2D eigenvalue weighted by Crippen LogP contribution is -2.26. The van der Waals surface area contributed by atoms with E-state index in [1.54, 1.807) is 7.11 Å². The zero-order chi connectivity index (χ0) is 15.7. The summed E-state index contributed by atoms with van der Waals surface area (Å²) in [4.78, 5) is 0. The molecule has 1 aliphatic heterocycles. The molecule has 0 atom stereocenters. The summed E-state index contributed by atoms with van der Waals surface area (Å²) in [5.41, 5.74) is 3.31. The number of nitrogens with zero attached hydrogens (tertiary/aromatic N) is 1. The smallest absolute Gasteiger partial charge is 0.286 e. The largest absolute Gasteiger partial charge is 0.497 e. The highest BCUT2D eigenvalue weighted by molar-refractivity contribution is 5.83. The highest BCUT2D eigenvalue weighted by Gasteiger charge is 2.31. The molecular formula is C19H22NO2+. The number of benzene rings is 2. The van der Waals surface area contributed by atoms with E-state index >= 15 is 0 Å². The van der Waals surface area contributed by atoms with E-state index in [9.17, 15) is 0 Å². The molecule has 0 saturated heterocycles. The van der Waals surface area contributed by atoms with Gasteiger partial charge < -0.3 is 9.47 Å². The Morgan fingerprint density at radius 1 is 1.14 bits per heavy atom. The number of fused-ring (bicyclic) bond motifs is 1. The Bertz CT molecular complexity index is 718. The summed E-state index contributed by atoms with van der Waals surface area (Å²) in [5.74, 6) is 1.81. The van der Waals surface area contributed by atoms with Gasteiger partial charge in [-0.3, -0.25) is 0 Å². The number of hydrogen-bond donors (Lipinski definition) is 0. The molecule has 0 N–H and O–H groups in total. The second-order valence-electron chi connectivity index (χ2n) is 6.24. The highest BCUT2D eigenvalue weighted by Crippen LogP contribution is 2.41. The van der Waals surface area contributed by atoms with Gasteiger partial charge in [0.1, 0.15) is 18.5 Å². The van der Waals surface area contributed by atoms with E-state index in [0.29, 0.717) is 6.73 Å². The van der Waals surface area contributed by atoms with Crippen molar-refractivity contribution in [1.82, 2.24) is 0 Å². The van der Waals surface area contributed by atoms with Crippen LogP contribution in [0, 0.1) is 0 Å². The number of hydrogen-bond acceptors (Lipinski definition) is 2. The molecule has 1 aliphatic rings. The molecule has 0 radical (unpaired) electrons. The molecule has 3 nitrogen and oxygen atoms in total. The zero-order valence-corrected chi connectivity index (χ0v) is 13.6. The van der Waals surface area contributed by atoms with Crippen molar-refractivity contribution in [2.24, 2.45) is 0 Å². The van der Waals surface area contributed by atoms with Gasteiger partial charge in [-0.05, 0) is 17.7 Å². The van der Waals surface area contributed by atoms with Crippen LogP contribution in [0.2, 0.25) is 0 Å². The molecule has 3 rings (SSSR count). The molecule has 2 aromatic carbocycles. The quantitative estimate of drug-likeness (QED) is 0.809. The fraction of sp³-hybridized carbons (Fsp3) is 0.316. The Labute approximate surface area is 131 Å². The molecular weight excluding hydrogens is 274 g/mol. The third-order valence-corrected chi connectivity index (χ3v) is 4.27. The fourth-order valence-corrected chi connectivity index (χ4v) is 2.91. The number of rotatable bonds is 3. The predicted molar refractivity (Wildman–Crippen MR) is 88.4 cm³/mol. The normalized spacial score (nSPS) is 13.9. The first-order chi connectivity index (χ1) is 10.5. The maximum atomic E-state index is 6.01. The molecule has 0 amide bonds. The van der Waals surface area contributed by atoms with E-state index in [0.717, 1.165) is 22.6 Å². The van der Waals surface area contributed by atoms with Gasteiger partial charge in [0.05, 0.1) is 12.7 Å². The van der Waals surface area contributed by atoms with Gasteiger partial charge in [-0.15, -0.1) is 0 Å². The number of methoxy groups -OCH3 is 1. The maximum Gasteiger partial charge on any atom is 0.286 e. The summed E-state index contributed by atoms with van der Waals surface area (Å²) < 4.78 is 13.5. The Morgan fingerprint density at radius 2 is 1.86 bits per heavy atom. The minimum absolute atomic E-state index is 0.163. The lowest BCUT2D eigenvalue weighted by Gasteiger charge is -2.29. The van der Waals surface area contributed by atoms with Crippen molar-refractivity contribution in [3.8, 4) is 11.5 Å². The molecule has 2 aromatic rings. The van der Waals surface area contributed by atoms with Crippen LogP contribution in [0.25, 0.3) is 0 Å². The van der Waals surface area contributed by atoms with Gasteiger partial charge in [-0.25, -0.2) is 4.58 Å². The molecule has 0 bridgehead atoms. The Hall–Kier alpha value is -2.29. The van der Waals surface area contributed by atoms with E-state index in [1.165, 1.54) is 5.56 Å². The first kappa shape index (κ1) is 14.6. The zero-order valence-electron chi connectivity index (χ0n) is 13.6. The third-order valence-electron chi connectivity index (χ3n) is 4.27. The van der Waals surface area contributed by atoms with E-state index in [-0.39, 0.29) is 5.41 Å². The Morgan fingerprint density at radius 3 is 2.55 bits per heavy atom. The lowest BCUT2D eigenvalue weighted by atomic mass is 9.77. The molecule has 0 fully saturated rings. The van der Waals surface area contributed by atoms with Crippen molar-refractivity contribution in [2.45, 2.75) is 19.3 Å². The molecule has 1 heterocycles. The van der Waals surface area contributed by atoms with E-state index in [4.69, 9.17) is 9.47 Å². The molecule has 22 heavy (non-hydrogen) atoms. The first-order valence-electron chi connectivity index (χ1n) is 7.48. The van der Waals surface area contributed by atoms with Gasteiger partial charge in [0.25, 0.3) is 6.73 Å². The standard InChI is InChI=1S/C19H22NO2/c1-19(2,15-8-6-5-7-9-15)17-11-16(21-4)10-14-12-20(3)13-22-18(14)17/h5-12H,13H2,1-4H3/q+1. The Kier molecular flexibility index (Phi) is 3.65. The van der Waals surface area contributed by atoms with Gasteiger partial charge in [0, 0.05) is 11.0 Å². The van der Waals surface area contributed by atoms with Crippen LogP contribution in [-0.4, -0.2) is 31.7 Å². The van der Waals surface area contributed by atoms with Gasteiger partial charge in [0.15, 0.2) is 6.21 Å². The summed E-state index contributed by atoms with van der Waals surface area (Å²) in [6, 6.07) is 14.6. The molecule has 0 unspecified atom stereocenters. The summed E-state index contributed by atoms with van der Waals surface area (Å²) in [6.07, 6.45) is 2.10. The van der Waals surface area contributed by atoms with Crippen LogP contribution in [-0.2, 0) is 5.41 Å². The highest BCUT2D eigenvalue weighted by atomic mass is 16.5. The van der Waals surface area contributed by atoms with Crippen molar-refractivity contribution in [1.29, 1.82) is 0 Å². The van der Waals surface area contributed by atoms with Crippen LogP contribution >= 0.6 is 0 Å². The first-order valence-corrected chi connectivity index (χ1v) is 7.48. The van der Waals surface area contributed by atoms with Crippen molar-refractivity contribution >= 4 is 6.21 Å². The average Bonchev–Trinajstić information content (AvgIpc) is 2.54. The van der Waals surface area contributed by atoms with Crippen molar-refractivity contribution in [2.75, 3.05) is 20.9 Å². The fourth-order valence-electron chi connectivity index (χ4n) is 2.91. The second kappa shape index (κ2) is 5.48. The Balaban J connectivity index is 2.20. The molecule has 3 heteroatoms. The summed E-state index contributed by atoms with van der Waals surface area (Å²) in [6.45, 7) is 5.01. The van der Waals surface area contributed by atoms with E-state index in [1.807, 2.05) is 23.8 Å². The van der Waals surface area contributed by atoms with Crippen LogP contribution in [0.4, 0.5) is 0 Å². The molecule has 0 spiro atoms. The molecule has 0 saturated carbocycles. The van der Waals surface area contributed by atoms with Crippen LogP contribution in [0.1, 0.15) is 30.5 Å². The minimum Gasteiger partial charge on any atom is -0.497 e. The van der Waals surface area contributed by atoms with Crippen molar-refractivity contribution < 1.29 is 14.0 Å². The lowest BCUT2D eigenvalue weighted by molar-refractivity contribution is -0.528. The van der Waals surface area contributed by atoms with E-state index < -0.39 is 0 Å². The monoisotopic (exact) mass is 296 g/mol. The second-order valence-corrected chi connectivity index (χ2v) is 6.24. The average molecular weight is 296 g/mol. The number of ether oxygens (including phenoxy) is 2. The third kappa shape index (κ3) is 2.47. The van der Waals surface area contributed by atoms with Crippen LogP contribution in [0.15, 0.2) is 42.5 Å².